The molecule has 1 unspecified atom stereocenters. The molecule has 0 aliphatic heterocycles. The van der Waals surface area contributed by atoms with Gasteiger partial charge >= 0.3 is 0 Å². The monoisotopic (exact) mass is 102 g/mol. The van der Waals surface area contributed by atoms with E-state index >= 15 is 0 Å². The minimum absolute atomic E-state index is 0.0208. The highest BCUT2D eigenvalue weighted by molar-refractivity contribution is 5.76. The van der Waals surface area contributed by atoms with Gasteiger partial charge in [-0.3, -0.25) is 4.79 Å². The third-order valence-corrected chi connectivity index (χ3v) is 1.06. The molecule has 0 heterocycles. The maximum atomic E-state index is 10.4. The van der Waals surface area contributed by atoms with Crippen molar-refractivity contribution in [2.45, 2.75) is 20.3 Å². The smallest absolute Gasteiger partial charge is 0.220 e. The van der Waals surface area contributed by atoms with E-state index in [4.69, 9.17) is 1.41 Å². The Morgan fingerprint density at radius 1 is 2.14 bits per heavy atom. The molecule has 2 N–H and O–H groups in total. The fourth-order valence-electron chi connectivity index (χ4n) is 0.185. The maximum Gasteiger partial charge on any atom is 0.220 e. The predicted molar refractivity (Wildman–Crippen MR) is 28.6 cm³/mol. The SMILES string of the molecule is [2H]NC(=O)C(C)CC. The van der Waals surface area contributed by atoms with Gasteiger partial charge in [-0.25, -0.2) is 0 Å². The summed E-state index contributed by atoms with van der Waals surface area (Å²) in [7, 11) is 0. The van der Waals surface area contributed by atoms with Crippen LogP contribution in [0.2, 0.25) is 1.41 Å². The molecule has 42 valence electrons. The van der Waals surface area contributed by atoms with Gasteiger partial charge in [-0.05, 0) is 6.42 Å². The summed E-state index contributed by atoms with van der Waals surface area (Å²) in [5.41, 5.74) is 1.83. The van der Waals surface area contributed by atoms with E-state index in [1.165, 1.54) is 0 Å². The van der Waals surface area contributed by atoms with Crippen molar-refractivity contribution in [1.29, 1.82) is 0 Å². The molecule has 1 amide bonds. The Bertz CT molecular complexity index is 84.5. The van der Waals surface area contributed by atoms with Gasteiger partial charge in [0.05, 0.1) is 0 Å². The van der Waals surface area contributed by atoms with E-state index in [0.717, 1.165) is 6.42 Å². The van der Waals surface area contributed by atoms with Gasteiger partial charge in [-0.15, -0.1) is 0 Å². The summed E-state index contributed by atoms with van der Waals surface area (Å²) in [5.74, 6) is -0.222. The van der Waals surface area contributed by atoms with E-state index in [2.05, 4.69) is 0 Å². The van der Waals surface area contributed by atoms with Gasteiger partial charge in [0.2, 0.25) is 5.91 Å². The number of carbonyl (C=O) groups is 1. The first kappa shape index (κ1) is 4.62. The van der Waals surface area contributed by atoms with Gasteiger partial charge in [-0.1, -0.05) is 13.8 Å². The van der Waals surface area contributed by atoms with Crippen molar-refractivity contribution in [2.75, 3.05) is 0 Å². The molecule has 0 spiro atoms. The van der Waals surface area contributed by atoms with E-state index in [0.29, 0.717) is 0 Å². The molecule has 0 aliphatic rings. The molecule has 0 saturated heterocycles. The Labute approximate surface area is 45.2 Å². The van der Waals surface area contributed by atoms with Crippen LogP contribution in [0.5, 0.6) is 0 Å². The van der Waals surface area contributed by atoms with Gasteiger partial charge in [0.25, 0.3) is 0 Å². The molecule has 0 aromatic carbocycles. The Morgan fingerprint density at radius 3 is 2.86 bits per heavy atom. The van der Waals surface area contributed by atoms with Crippen molar-refractivity contribution in [3.05, 3.63) is 0 Å². The zero-order chi connectivity index (χ0) is 6.57. The number of nitrogens with two attached hydrogens (primary N) is 1. The zero-order valence-corrected chi connectivity index (χ0v) is 4.69. The highest BCUT2D eigenvalue weighted by atomic mass is 16.1. The molecule has 7 heavy (non-hydrogen) atoms. The first-order valence-corrected chi connectivity index (χ1v) is 2.44. The van der Waals surface area contributed by atoms with Gasteiger partial charge < -0.3 is 5.73 Å². The predicted octanol–water partition coefficient (Wildman–Crippen LogP) is 0.518. The van der Waals surface area contributed by atoms with Gasteiger partial charge in [0.15, 0.2) is 1.41 Å². The Hall–Kier alpha value is -0.530. The van der Waals surface area contributed by atoms with Crippen LogP contribution in [0.25, 0.3) is 0 Å². The molecule has 2 heteroatoms. The Kier molecular flexibility index (Phi) is 1.72. The first-order chi connectivity index (χ1) is 3.72. The average Bonchev–Trinajstić information content (AvgIpc) is 1.84. The largest absolute Gasteiger partial charge is 0.369 e. The van der Waals surface area contributed by atoms with Crippen LogP contribution in [0.15, 0.2) is 0 Å². The molecule has 0 bridgehead atoms. The van der Waals surface area contributed by atoms with E-state index in [9.17, 15) is 4.79 Å². The lowest BCUT2D eigenvalue weighted by Crippen LogP contribution is -2.19. The fourth-order valence-corrected chi connectivity index (χ4v) is 0.185. The van der Waals surface area contributed by atoms with E-state index in [-0.39, 0.29) is 11.8 Å². The van der Waals surface area contributed by atoms with Crippen molar-refractivity contribution in [1.82, 2.24) is 0 Å². The third kappa shape index (κ3) is 2.20. The van der Waals surface area contributed by atoms with Crippen LogP contribution in [0.4, 0.5) is 0 Å². The second-order valence-electron chi connectivity index (χ2n) is 1.67. The van der Waals surface area contributed by atoms with Gasteiger partial charge in [0, 0.05) is 5.92 Å². The number of hydrogen-bond donors (Lipinski definition) is 1. The van der Waals surface area contributed by atoms with Crippen LogP contribution in [0.1, 0.15) is 20.3 Å². The minimum atomic E-state index is -0.201. The minimum Gasteiger partial charge on any atom is -0.369 e. The van der Waals surface area contributed by atoms with E-state index in [1.807, 2.05) is 12.7 Å². The highest BCUT2D eigenvalue weighted by Gasteiger charge is 2.02. The highest BCUT2D eigenvalue weighted by Crippen LogP contribution is 1.96. The normalized spacial score (nSPS) is 14.9. The number of amides is 1. The topological polar surface area (TPSA) is 43.1 Å². The molecule has 0 aliphatic carbocycles. The van der Waals surface area contributed by atoms with Crippen molar-refractivity contribution in [3.63, 3.8) is 0 Å². The summed E-state index contributed by atoms with van der Waals surface area (Å²) in [4.78, 5) is 10.4. The number of carbonyl (C=O) groups excluding carboxylic acids is 1. The fraction of sp³-hybridized carbons (Fsp3) is 0.800. The standard InChI is InChI=1S/C5H11NO/c1-3-4(2)5(6)7/h4H,3H2,1-2H3,(H2,6,7)/i/hD. The second kappa shape index (κ2) is 2.61. The molecule has 0 fully saturated rings. The van der Waals surface area contributed by atoms with E-state index < -0.39 is 0 Å². The van der Waals surface area contributed by atoms with Crippen LogP contribution in [-0.4, -0.2) is 5.91 Å². The Balaban J connectivity index is 3.46. The summed E-state index contributed by atoms with van der Waals surface area (Å²) in [5, 5.41) is 0. The number of primary amides is 1. The molecule has 0 aromatic heterocycles. The first-order valence-electron chi connectivity index (χ1n) is 2.94. The van der Waals surface area contributed by atoms with Gasteiger partial charge in [-0.2, -0.15) is 0 Å². The summed E-state index contributed by atoms with van der Waals surface area (Å²) in [6, 6.07) is 0. The van der Waals surface area contributed by atoms with Crippen molar-refractivity contribution < 1.29 is 6.21 Å². The van der Waals surface area contributed by atoms with Crippen molar-refractivity contribution >= 4 is 5.91 Å². The molecule has 0 saturated carbocycles. The van der Waals surface area contributed by atoms with Crippen LogP contribution in [0, 0.1) is 5.92 Å². The molecule has 0 rings (SSSR count). The van der Waals surface area contributed by atoms with Crippen LogP contribution >= 0.6 is 0 Å². The van der Waals surface area contributed by atoms with E-state index in [1.54, 1.807) is 6.92 Å². The second-order valence-corrected chi connectivity index (χ2v) is 1.67. The molecule has 0 radical (unpaired) electrons. The van der Waals surface area contributed by atoms with Crippen molar-refractivity contribution in [3.8, 4) is 0 Å². The number of hydrogen-bond acceptors (Lipinski definition) is 1. The summed E-state index contributed by atoms with van der Waals surface area (Å²) in [6.45, 7) is 3.71. The lowest BCUT2D eigenvalue weighted by Gasteiger charge is -1.98. The van der Waals surface area contributed by atoms with Crippen molar-refractivity contribution in [2.24, 2.45) is 11.6 Å². The number of rotatable bonds is 2. The maximum absolute atomic E-state index is 10.4. The van der Waals surface area contributed by atoms with Crippen LogP contribution in [-0.2, 0) is 4.79 Å². The summed E-state index contributed by atoms with van der Waals surface area (Å²) >= 11 is 0. The molecule has 1 atom stereocenters. The lowest BCUT2D eigenvalue weighted by atomic mass is 10.1. The zero-order valence-electron chi connectivity index (χ0n) is 5.69. The lowest BCUT2D eigenvalue weighted by molar-refractivity contribution is -0.121. The summed E-state index contributed by atoms with van der Waals surface area (Å²) in [6.07, 6.45) is 0.796. The molecular weight excluding hydrogens is 90.1 g/mol. The molecule has 2 nitrogen and oxygen atoms in total. The third-order valence-electron chi connectivity index (χ3n) is 1.06. The summed E-state index contributed by atoms with van der Waals surface area (Å²) < 4.78 is 6.44. The van der Waals surface area contributed by atoms with Gasteiger partial charge in [0.1, 0.15) is 0 Å². The van der Waals surface area contributed by atoms with Crippen LogP contribution in [0.3, 0.4) is 0 Å². The molecular formula is C5H11NO. The quantitative estimate of drug-likeness (QED) is 0.542. The molecule has 0 aromatic rings. The average molecular weight is 102 g/mol. The van der Waals surface area contributed by atoms with Crippen LogP contribution < -0.4 is 5.73 Å². The Morgan fingerprint density at radius 2 is 2.71 bits per heavy atom.